The Kier molecular flexibility index (Phi) is 2.90. The predicted molar refractivity (Wildman–Crippen MR) is 44.1 cm³/mol. The fourth-order valence-electron chi connectivity index (χ4n) is 1.58. The molecule has 0 bridgehead atoms. The highest BCUT2D eigenvalue weighted by Gasteiger charge is 2.27. The summed E-state index contributed by atoms with van der Waals surface area (Å²) >= 11 is 0. The molecule has 0 amide bonds. The normalized spacial score (nSPS) is 39.5. The lowest BCUT2D eigenvalue weighted by Gasteiger charge is -2.33. The molecule has 1 fully saturated rings. The quantitative estimate of drug-likeness (QED) is 0.630. The zero-order chi connectivity index (χ0) is 8.43. The average molecular weight is 158 g/mol. The van der Waals surface area contributed by atoms with E-state index in [1.54, 1.807) is 0 Å². The van der Waals surface area contributed by atoms with Crippen LogP contribution in [0.1, 0.15) is 33.6 Å². The first-order valence-corrected chi connectivity index (χ1v) is 4.43. The lowest BCUT2D eigenvalue weighted by atomic mass is 9.91. The summed E-state index contributed by atoms with van der Waals surface area (Å²) in [4.78, 5) is 0. The highest BCUT2D eigenvalue weighted by molar-refractivity contribution is 4.72. The van der Waals surface area contributed by atoms with Gasteiger partial charge in [-0.2, -0.15) is 0 Å². The Balaban J connectivity index is 2.43. The molecule has 1 rings (SSSR count). The second-order valence-electron chi connectivity index (χ2n) is 3.95. The minimum Gasteiger partial charge on any atom is -0.368 e. The molecule has 0 radical (unpaired) electrons. The summed E-state index contributed by atoms with van der Waals surface area (Å²) in [5.74, 6) is 1.12. The fraction of sp³-hybridized carbons (Fsp3) is 1.00. The topological polar surface area (TPSA) is 29.5 Å². The predicted octanol–water partition coefficient (Wildman–Crippen LogP) is 1.78. The maximum absolute atomic E-state index is 9.28. The third-order valence-corrected chi connectivity index (χ3v) is 2.31. The van der Waals surface area contributed by atoms with Crippen LogP contribution in [-0.2, 0) is 4.74 Å². The van der Waals surface area contributed by atoms with Crippen LogP contribution in [0.2, 0.25) is 0 Å². The molecule has 1 unspecified atom stereocenters. The molecular weight excluding hydrogens is 140 g/mol. The summed E-state index contributed by atoms with van der Waals surface area (Å²) in [6.07, 6.45) is 1.62. The standard InChI is InChI=1S/C9H18O2/c1-6(2)8-4-7(3)5-9(10)11-8/h6-10H,4-5H2,1-3H3/t7-,8-,9?/m0/s1. The zero-order valence-electron chi connectivity index (χ0n) is 7.58. The van der Waals surface area contributed by atoms with Gasteiger partial charge in [0.05, 0.1) is 6.10 Å². The molecule has 0 saturated carbocycles. The van der Waals surface area contributed by atoms with E-state index < -0.39 is 6.29 Å². The Labute approximate surface area is 68.6 Å². The molecule has 0 aromatic carbocycles. The van der Waals surface area contributed by atoms with Crippen LogP contribution in [0, 0.1) is 11.8 Å². The van der Waals surface area contributed by atoms with Crippen molar-refractivity contribution < 1.29 is 9.84 Å². The first-order valence-electron chi connectivity index (χ1n) is 4.43. The van der Waals surface area contributed by atoms with Crippen molar-refractivity contribution in [2.45, 2.75) is 46.0 Å². The number of aliphatic hydroxyl groups excluding tert-OH is 1. The summed E-state index contributed by atoms with van der Waals surface area (Å²) in [6.45, 7) is 6.44. The molecule has 1 aliphatic heterocycles. The molecule has 0 spiro atoms. The molecule has 2 heteroatoms. The van der Waals surface area contributed by atoms with Crippen LogP contribution in [0.3, 0.4) is 0 Å². The molecule has 0 aromatic rings. The van der Waals surface area contributed by atoms with Crippen LogP contribution in [0.5, 0.6) is 0 Å². The van der Waals surface area contributed by atoms with E-state index >= 15 is 0 Å². The second kappa shape index (κ2) is 3.55. The Morgan fingerprint density at radius 3 is 2.45 bits per heavy atom. The number of aliphatic hydroxyl groups is 1. The maximum atomic E-state index is 9.28. The maximum Gasteiger partial charge on any atom is 0.155 e. The van der Waals surface area contributed by atoms with Crippen LogP contribution in [0.15, 0.2) is 0 Å². The SMILES string of the molecule is CC(C)[C@@H]1C[C@H](C)CC(O)O1. The first-order chi connectivity index (χ1) is 5.09. The molecule has 1 heterocycles. The minimum atomic E-state index is -0.522. The molecule has 1 saturated heterocycles. The smallest absolute Gasteiger partial charge is 0.155 e. The van der Waals surface area contributed by atoms with Gasteiger partial charge in [-0.1, -0.05) is 20.8 Å². The Hall–Kier alpha value is -0.0800. The van der Waals surface area contributed by atoms with Crippen molar-refractivity contribution in [2.75, 3.05) is 0 Å². The number of ether oxygens (including phenoxy) is 1. The van der Waals surface area contributed by atoms with Crippen molar-refractivity contribution in [3.05, 3.63) is 0 Å². The molecule has 0 aliphatic carbocycles. The largest absolute Gasteiger partial charge is 0.368 e. The van der Waals surface area contributed by atoms with Crippen molar-refractivity contribution in [1.82, 2.24) is 0 Å². The summed E-state index contributed by atoms with van der Waals surface area (Å²) < 4.78 is 5.37. The van der Waals surface area contributed by atoms with Gasteiger partial charge in [-0.05, 0) is 18.3 Å². The highest BCUT2D eigenvalue weighted by Crippen LogP contribution is 2.27. The molecule has 66 valence electrons. The monoisotopic (exact) mass is 158 g/mol. The van der Waals surface area contributed by atoms with E-state index in [0.29, 0.717) is 11.8 Å². The van der Waals surface area contributed by atoms with E-state index in [9.17, 15) is 5.11 Å². The number of hydrogen-bond donors (Lipinski definition) is 1. The van der Waals surface area contributed by atoms with Crippen LogP contribution >= 0.6 is 0 Å². The Morgan fingerprint density at radius 2 is 2.00 bits per heavy atom. The molecular formula is C9H18O2. The van der Waals surface area contributed by atoms with Crippen LogP contribution in [-0.4, -0.2) is 17.5 Å². The van der Waals surface area contributed by atoms with Crippen molar-refractivity contribution in [2.24, 2.45) is 11.8 Å². The summed E-state index contributed by atoms with van der Waals surface area (Å²) in [7, 11) is 0. The van der Waals surface area contributed by atoms with Gasteiger partial charge in [-0.3, -0.25) is 0 Å². The Bertz CT molecular complexity index is 113. The molecule has 1 N–H and O–H groups in total. The third kappa shape index (κ3) is 2.46. The third-order valence-electron chi connectivity index (χ3n) is 2.31. The molecule has 2 nitrogen and oxygen atoms in total. The van der Waals surface area contributed by atoms with Gasteiger partial charge in [-0.25, -0.2) is 0 Å². The summed E-state index contributed by atoms with van der Waals surface area (Å²) in [6, 6.07) is 0. The van der Waals surface area contributed by atoms with Gasteiger partial charge in [0.25, 0.3) is 0 Å². The average Bonchev–Trinajstić information content (AvgIpc) is 1.85. The van der Waals surface area contributed by atoms with Crippen molar-refractivity contribution in [3.63, 3.8) is 0 Å². The first kappa shape index (κ1) is 9.01. The van der Waals surface area contributed by atoms with Gasteiger partial charge in [-0.15, -0.1) is 0 Å². The van der Waals surface area contributed by atoms with Crippen LogP contribution in [0.25, 0.3) is 0 Å². The molecule has 0 aromatic heterocycles. The lowest BCUT2D eigenvalue weighted by Crippen LogP contribution is -2.34. The van der Waals surface area contributed by atoms with E-state index in [1.807, 2.05) is 0 Å². The molecule has 11 heavy (non-hydrogen) atoms. The van der Waals surface area contributed by atoms with Crippen molar-refractivity contribution in [1.29, 1.82) is 0 Å². The van der Waals surface area contributed by atoms with E-state index in [1.165, 1.54) is 0 Å². The van der Waals surface area contributed by atoms with Gasteiger partial charge >= 0.3 is 0 Å². The summed E-state index contributed by atoms with van der Waals surface area (Å²) in [5, 5.41) is 9.28. The van der Waals surface area contributed by atoms with Gasteiger partial charge in [0.1, 0.15) is 0 Å². The zero-order valence-corrected chi connectivity index (χ0v) is 7.58. The summed E-state index contributed by atoms with van der Waals surface area (Å²) in [5.41, 5.74) is 0. The molecule has 1 aliphatic rings. The van der Waals surface area contributed by atoms with Crippen LogP contribution < -0.4 is 0 Å². The molecule has 3 atom stereocenters. The van der Waals surface area contributed by atoms with E-state index in [0.717, 1.165) is 12.8 Å². The van der Waals surface area contributed by atoms with Gasteiger partial charge in [0, 0.05) is 6.42 Å². The van der Waals surface area contributed by atoms with E-state index in [-0.39, 0.29) is 6.10 Å². The number of rotatable bonds is 1. The fourth-order valence-corrected chi connectivity index (χ4v) is 1.58. The van der Waals surface area contributed by atoms with E-state index in [4.69, 9.17) is 4.74 Å². The highest BCUT2D eigenvalue weighted by atomic mass is 16.6. The van der Waals surface area contributed by atoms with E-state index in [2.05, 4.69) is 20.8 Å². The van der Waals surface area contributed by atoms with Gasteiger partial charge in [0.2, 0.25) is 0 Å². The van der Waals surface area contributed by atoms with Gasteiger partial charge < -0.3 is 9.84 Å². The lowest BCUT2D eigenvalue weighted by molar-refractivity contribution is -0.186. The van der Waals surface area contributed by atoms with Crippen molar-refractivity contribution >= 4 is 0 Å². The van der Waals surface area contributed by atoms with Crippen molar-refractivity contribution in [3.8, 4) is 0 Å². The minimum absolute atomic E-state index is 0.258. The van der Waals surface area contributed by atoms with Gasteiger partial charge in [0.15, 0.2) is 6.29 Å². The Morgan fingerprint density at radius 1 is 1.36 bits per heavy atom. The van der Waals surface area contributed by atoms with Crippen LogP contribution in [0.4, 0.5) is 0 Å². The number of hydrogen-bond acceptors (Lipinski definition) is 2. The second-order valence-corrected chi connectivity index (χ2v) is 3.95.